The van der Waals surface area contributed by atoms with Gasteiger partial charge in [0, 0.05) is 25.9 Å². The third kappa shape index (κ3) is 4.24. The average Bonchev–Trinajstić information content (AvgIpc) is 2.93. The molecule has 2 saturated heterocycles. The Kier molecular flexibility index (Phi) is 5.16. The first-order chi connectivity index (χ1) is 11.2. The van der Waals surface area contributed by atoms with Crippen molar-refractivity contribution in [1.82, 2.24) is 9.80 Å². The summed E-state index contributed by atoms with van der Waals surface area (Å²) in [5, 5.41) is 0. The van der Waals surface area contributed by atoms with Crippen LogP contribution in [0.1, 0.15) is 32.1 Å². The number of likely N-dealkylation sites (tertiary alicyclic amines) is 2. The second kappa shape index (κ2) is 7.49. The van der Waals surface area contributed by atoms with Gasteiger partial charge in [0.15, 0.2) is 0 Å². The van der Waals surface area contributed by atoms with E-state index in [1.165, 1.54) is 0 Å². The quantitative estimate of drug-likeness (QED) is 0.854. The van der Waals surface area contributed by atoms with Gasteiger partial charge in [-0.3, -0.25) is 9.59 Å². The lowest BCUT2D eigenvalue weighted by atomic mass is 10.2. The first kappa shape index (κ1) is 15.8. The van der Waals surface area contributed by atoms with Crippen LogP contribution in [0.3, 0.4) is 0 Å². The summed E-state index contributed by atoms with van der Waals surface area (Å²) in [6, 6.07) is 9.70. The first-order valence-electron chi connectivity index (χ1n) is 8.49. The molecule has 0 saturated carbocycles. The van der Waals surface area contributed by atoms with E-state index >= 15 is 0 Å². The molecule has 0 aromatic heterocycles. The minimum atomic E-state index is 0.0411. The van der Waals surface area contributed by atoms with E-state index in [4.69, 9.17) is 4.74 Å². The van der Waals surface area contributed by atoms with Gasteiger partial charge in [0.25, 0.3) is 0 Å². The van der Waals surface area contributed by atoms with Crippen molar-refractivity contribution in [3.05, 3.63) is 30.3 Å². The number of carbonyl (C=O) groups excluding carboxylic acids is 2. The molecule has 0 N–H and O–H groups in total. The van der Waals surface area contributed by atoms with Crippen LogP contribution >= 0.6 is 0 Å². The molecule has 2 aliphatic heterocycles. The number of carbonyl (C=O) groups is 2. The van der Waals surface area contributed by atoms with Crippen LogP contribution in [0, 0.1) is 0 Å². The molecule has 5 heteroatoms. The van der Waals surface area contributed by atoms with Crippen LogP contribution in [0.25, 0.3) is 0 Å². The fourth-order valence-electron chi connectivity index (χ4n) is 3.21. The Bertz CT molecular complexity index is 546. The molecule has 124 valence electrons. The number of rotatable bonds is 4. The molecule has 0 aliphatic carbocycles. The van der Waals surface area contributed by atoms with Crippen molar-refractivity contribution in [2.75, 3.05) is 26.2 Å². The van der Waals surface area contributed by atoms with Gasteiger partial charge in [-0.05, 0) is 25.0 Å². The lowest BCUT2D eigenvalue weighted by Crippen LogP contribution is -2.42. The lowest BCUT2D eigenvalue weighted by molar-refractivity contribution is -0.139. The van der Waals surface area contributed by atoms with E-state index in [1.807, 2.05) is 35.2 Å². The van der Waals surface area contributed by atoms with Crippen molar-refractivity contribution >= 4 is 11.8 Å². The van der Waals surface area contributed by atoms with Gasteiger partial charge in [0.05, 0.1) is 13.1 Å². The molecule has 1 aromatic carbocycles. The number of hydrogen-bond donors (Lipinski definition) is 0. The fourth-order valence-corrected chi connectivity index (χ4v) is 3.21. The summed E-state index contributed by atoms with van der Waals surface area (Å²) in [4.78, 5) is 28.0. The third-order valence-electron chi connectivity index (χ3n) is 4.54. The summed E-state index contributed by atoms with van der Waals surface area (Å²) < 4.78 is 5.91. The van der Waals surface area contributed by atoms with Crippen molar-refractivity contribution < 1.29 is 14.3 Å². The summed E-state index contributed by atoms with van der Waals surface area (Å²) in [5.41, 5.74) is 0. The third-order valence-corrected chi connectivity index (χ3v) is 4.54. The zero-order valence-electron chi connectivity index (χ0n) is 13.4. The van der Waals surface area contributed by atoms with Crippen LogP contribution in [-0.4, -0.2) is 53.9 Å². The highest BCUT2D eigenvalue weighted by molar-refractivity contribution is 5.85. The van der Waals surface area contributed by atoms with Crippen molar-refractivity contribution in [1.29, 1.82) is 0 Å². The summed E-state index contributed by atoms with van der Waals surface area (Å²) in [7, 11) is 0. The minimum Gasteiger partial charge on any atom is -0.489 e. The monoisotopic (exact) mass is 316 g/mol. The Labute approximate surface area is 137 Å². The van der Waals surface area contributed by atoms with Crippen LogP contribution in [0.2, 0.25) is 0 Å². The van der Waals surface area contributed by atoms with Crippen molar-refractivity contribution in [2.24, 2.45) is 0 Å². The molecule has 0 bridgehead atoms. The van der Waals surface area contributed by atoms with Crippen LogP contribution in [-0.2, 0) is 9.59 Å². The normalized spacial score (nSPS) is 22.1. The number of para-hydroxylation sites is 1. The molecule has 0 spiro atoms. The molecule has 5 nitrogen and oxygen atoms in total. The van der Waals surface area contributed by atoms with Crippen LogP contribution in [0.15, 0.2) is 30.3 Å². The molecule has 2 heterocycles. The van der Waals surface area contributed by atoms with E-state index in [-0.39, 0.29) is 24.5 Å². The highest BCUT2D eigenvalue weighted by Crippen LogP contribution is 2.19. The first-order valence-corrected chi connectivity index (χ1v) is 8.49. The van der Waals surface area contributed by atoms with E-state index in [1.54, 1.807) is 4.90 Å². The molecular weight excluding hydrogens is 292 g/mol. The molecule has 2 aliphatic rings. The number of amides is 2. The second-order valence-corrected chi connectivity index (χ2v) is 6.31. The van der Waals surface area contributed by atoms with Gasteiger partial charge in [-0.25, -0.2) is 0 Å². The maximum absolute atomic E-state index is 12.4. The van der Waals surface area contributed by atoms with Gasteiger partial charge in [0.1, 0.15) is 11.9 Å². The van der Waals surface area contributed by atoms with Gasteiger partial charge >= 0.3 is 0 Å². The molecule has 2 amide bonds. The molecule has 0 unspecified atom stereocenters. The van der Waals surface area contributed by atoms with E-state index in [2.05, 4.69) is 0 Å². The van der Waals surface area contributed by atoms with Gasteiger partial charge in [-0.1, -0.05) is 24.6 Å². The molecular formula is C18H24N2O3. The summed E-state index contributed by atoms with van der Waals surface area (Å²) >= 11 is 0. The van der Waals surface area contributed by atoms with Crippen LogP contribution < -0.4 is 4.74 Å². The van der Waals surface area contributed by atoms with Crippen molar-refractivity contribution in [2.45, 2.75) is 38.2 Å². The minimum absolute atomic E-state index is 0.0411. The van der Waals surface area contributed by atoms with Crippen molar-refractivity contribution in [3.63, 3.8) is 0 Å². The predicted octanol–water partition coefficient (Wildman–Crippen LogP) is 2.07. The van der Waals surface area contributed by atoms with Gasteiger partial charge in [0.2, 0.25) is 11.8 Å². The van der Waals surface area contributed by atoms with Gasteiger partial charge in [-0.2, -0.15) is 0 Å². The Hall–Kier alpha value is -2.04. The largest absolute Gasteiger partial charge is 0.489 e. The molecule has 23 heavy (non-hydrogen) atoms. The van der Waals surface area contributed by atoms with E-state index in [0.717, 1.165) is 31.4 Å². The zero-order chi connectivity index (χ0) is 16.1. The second-order valence-electron chi connectivity index (χ2n) is 6.31. The molecule has 3 rings (SSSR count). The molecule has 1 atom stereocenters. The van der Waals surface area contributed by atoms with Gasteiger partial charge in [-0.15, -0.1) is 0 Å². The number of ether oxygens (including phenoxy) is 1. The summed E-state index contributed by atoms with van der Waals surface area (Å²) in [5.74, 6) is 1.00. The Morgan fingerprint density at radius 1 is 1.13 bits per heavy atom. The highest BCUT2D eigenvalue weighted by Gasteiger charge is 2.29. The smallest absolute Gasteiger partial charge is 0.242 e. The summed E-state index contributed by atoms with van der Waals surface area (Å²) in [6.45, 7) is 2.24. The summed E-state index contributed by atoms with van der Waals surface area (Å²) in [6.07, 6.45) is 4.48. The molecule has 1 aromatic rings. The standard InChI is InChI=1S/C18H24N2O3/c21-17-9-5-2-6-11-19(17)14-18(22)20-12-10-16(13-20)23-15-7-3-1-4-8-15/h1,3-4,7-8,16H,2,5-6,9-14H2/t16-/m1/s1. The van der Waals surface area contributed by atoms with Gasteiger partial charge < -0.3 is 14.5 Å². The number of benzene rings is 1. The SMILES string of the molecule is O=C1CCCCCN1CC(=O)N1CC[C@@H](Oc2ccccc2)C1. The lowest BCUT2D eigenvalue weighted by Gasteiger charge is -2.24. The van der Waals surface area contributed by atoms with E-state index in [9.17, 15) is 9.59 Å². The Morgan fingerprint density at radius 2 is 1.96 bits per heavy atom. The topological polar surface area (TPSA) is 49.9 Å². The maximum atomic E-state index is 12.4. The Balaban J connectivity index is 1.50. The molecule has 0 radical (unpaired) electrons. The van der Waals surface area contributed by atoms with Crippen LogP contribution in [0.5, 0.6) is 5.75 Å². The molecule has 2 fully saturated rings. The number of hydrogen-bond acceptors (Lipinski definition) is 3. The predicted molar refractivity (Wildman–Crippen MR) is 87.1 cm³/mol. The van der Waals surface area contributed by atoms with E-state index in [0.29, 0.717) is 26.1 Å². The van der Waals surface area contributed by atoms with E-state index < -0.39 is 0 Å². The fraction of sp³-hybridized carbons (Fsp3) is 0.556. The van der Waals surface area contributed by atoms with Crippen LogP contribution in [0.4, 0.5) is 0 Å². The highest BCUT2D eigenvalue weighted by atomic mass is 16.5. The number of nitrogens with zero attached hydrogens (tertiary/aromatic N) is 2. The zero-order valence-corrected chi connectivity index (χ0v) is 13.4. The average molecular weight is 316 g/mol. The maximum Gasteiger partial charge on any atom is 0.242 e. The Morgan fingerprint density at radius 3 is 2.78 bits per heavy atom. The van der Waals surface area contributed by atoms with Crippen molar-refractivity contribution in [3.8, 4) is 5.75 Å².